The lowest BCUT2D eigenvalue weighted by molar-refractivity contribution is 0.627. The molecule has 0 radical (unpaired) electrons. The molecule has 1 fully saturated rings. The summed E-state index contributed by atoms with van der Waals surface area (Å²) >= 11 is 0. The van der Waals surface area contributed by atoms with Crippen LogP contribution in [0.4, 0.5) is 22.0 Å². The Labute approximate surface area is 153 Å². The van der Waals surface area contributed by atoms with E-state index in [9.17, 15) is 4.39 Å². The number of benzene rings is 1. The van der Waals surface area contributed by atoms with Gasteiger partial charge in [-0.05, 0) is 31.0 Å². The SMILES string of the molecule is Fc1cc(CNc2nccc(Nc3cc(C4CC4)[nH]n3)n2)c2nc[nH]c2c1. The monoisotopic (exact) mass is 364 g/mol. The predicted octanol–water partition coefficient (Wildman–Crippen LogP) is 3.45. The molecule has 1 aliphatic carbocycles. The van der Waals surface area contributed by atoms with Crippen molar-refractivity contribution >= 4 is 28.6 Å². The van der Waals surface area contributed by atoms with E-state index in [-0.39, 0.29) is 5.82 Å². The molecule has 8 nitrogen and oxygen atoms in total. The molecule has 0 atom stereocenters. The van der Waals surface area contributed by atoms with E-state index in [2.05, 4.69) is 40.8 Å². The van der Waals surface area contributed by atoms with Gasteiger partial charge < -0.3 is 15.6 Å². The molecular weight excluding hydrogens is 347 g/mol. The van der Waals surface area contributed by atoms with Crippen LogP contribution in [0.2, 0.25) is 0 Å². The summed E-state index contributed by atoms with van der Waals surface area (Å²) in [5, 5.41) is 13.6. The van der Waals surface area contributed by atoms with Gasteiger partial charge in [-0.3, -0.25) is 5.10 Å². The molecule has 27 heavy (non-hydrogen) atoms. The van der Waals surface area contributed by atoms with Crippen molar-refractivity contribution < 1.29 is 4.39 Å². The highest BCUT2D eigenvalue weighted by Crippen LogP contribution is 2.39. The first-order valence-electron chi connectivity index (χ1n) is 8.75. The van der Waals surface area contributed by atoms with E-state index in [0.717, 1.165) is 22.6 Å². The van der Waals surface area contributed by atoms with Gasteiger partial charge in [0.2, 0.25) is 5.95 Å². The van der Waals surface area contributed by atoms with Crippen LogP contribution in [0.1, 0.15) is 30.0 Å². The smallest absolute Gasteiger partial charge is 0.224 e. The van der Waals surface area contributed by atoms with Crippen molar-refractivity contribution in [1.82, 2.24) is 30.1 Å². The Morgan fingerprint density at radius 2 is 2.07 bits per heavy atom. The molecular formula is C18H17FN8. The number of anilines is 3. The molecule has 3 aromatic heterocycles. The van der Waals surface area contributed by atoms with Crippen molar-refractivity contribution in [3.63, 3.8) is 0 Å². The zero-order chi connectivity index (χ0) is 18.2. The number of fused-ring (bicyclic) bond motifs is 1. The molecule has 0 spiro atoms. The van der Waals surface area contributed by atoms with Crippen LogP contribution < -0.4 is 10.6 Å². The van der Waals surface area contributed by atoms with Crippen molar-refractivity contribution in [1.29, 1.82) is 0 Å². The number of aromatic nitrogens is 6. The van der Waals surface area contributed by atoms with E-state index < -0.39 is 0 Å². The normalized spacial score (nSPS) is 13.8. The van der Waals surface area contributed by atoms with Gasteiger partial charge in [-0.1, -0.05) is 0 Å². The second kappa shape index (κ2) is 6.35. The zero-order valence-electron chi connectivity index (χ0n) is 14.3. The van der Waals surface area contributed by atoms with Gasteiger partial charge in [0.05, 0.1) is 17.4 Å². The Hall–Kier alpha value is -3.49. The predicted molar refractivity (Wildman–Crippen MR) is 99.3 cm³/mol. The van der Waals surface area contributed by atoms with E-state index in [0.29, 0.717) is 29.7 Å². The lowest BCUT2D eigenvalue weighted by Gasteiger charge is -2.08. The topological polar surface area (TPSA) is 107 Å². The molecule has 136 valence electrons. The minimum Gasteiger partial charge on any atom is -0.350 e. The van der Waals surface area contributed by atoms with E-state index in [1.54, 1.807) is 18.6 Å². The maximum atomic E-state index is 13.7. The first-order valence-corrected chi connectivity index (χ1v) is 8.75. The number of aromatic amines is 2. The van der Waals surface area contributed by atoms with Crippen LogP contribution in [0.5, 0.6) is 0 Å². The van der Waals surface area contributed by atoms with Crippen LogP contribution in [-0.4, -0.2) is 30.1 Å². The molecule has 0 amide bonds. The molecule has 0 aliphatic heterocycles. The molecule has 9 heteroatoms. The third-order valence-corrected chi connectivity index (χ3v) is 4.53. The molecule has 1 saturated carbocycles. The van der Waals surface area contributed by atoms with E-state index in [1.165, 1.54) is 25.0 Å². The largest absolute Gasteiger partial charge is 0.350 e. The van der Waals surface area contributed by atoms with Crippen LogP contribution in [0, 0.1) is 5.82 Å². The third kappa shape index (κ3) is 3.31. The number of H-pyrrole nitrogens is 2. The average molecular weight is 364 g/mol. The van der Waals surface area contributed by atoms with Gasteiger partial charge >= 0.3 is 0 Å². The highest BCUT2D eigenvalue weighted by molar-refractivity contribution is 5.78. The Morgan fingerprint density at radius 3 is 2.96 bits per heavy atom. The summed E-state index contributed by atoms with van der Waals surface area (Å²) < 4.78 is 13.7. The molecule has 0 saturated heterocycles. The highest BCUT2D eigenvalue weighted by atomic mass is 19.1. The van der Waals surface area contributed by atoms with Crippen molar-refractivity contribution in [2.75, 3.05) is 10.6 Å². The molecule has 5 rings (SSSR count). The quantitative estimate of drug-likeness (QED) is 0.417. The van der Waals surface area contributed by atoms with E-state index in [4.69, 9.17) is 0 Å². The molecule has 4 aromatic rings. The van der Waals surface area contributed by atoms with Gasteiger partial charge in [-0.2, -0.15) is 10.1 Å². The standard InChI is InChI=1S/C18H17FN8/c19-12-5-11(17-14(6-12)22-9-23-17)8-21-18-20-4-3-15(25-18)24-16-7-13(26-27-16)10-1-2-10/h3-7,9-10H,1-2,8H2,(H,22,23)(H3,20,21,24,25,26,27). The summed E-state index contributed by atoms with van der Waals surface area (Å²) in [4.78, 5) is 15.8. The fourth-order valence-corrected chi connectivity index (χ4v) is 3.04. The van der Waals surface area contributed by atoms with Crippen LogP contribution in [-0.2, 0) is 6.54 Å². The lowest BCUT2D eigenvalue weighted by Crippen LogP contribution is -2.06. The Morgan fingerprint density at radius 1 is 1.15 bits per heavy atom. The van der Waals surface area contributed by atoms with Crippen molar-refractivity contribution in [3.05, 3.63) is 53.9 Å². The van der Waals surface area contributed by atoms with Crippen LogP contribution >= 0.6 is 0 Å². The lowest BCUT2D eigenvalue weighted by atomic mass is 10.2. The molecule has 3 heterocycles. The highest BCUT2D eigenvalue weighted by Gasteiger charge is 2.25. The van der Waals surface area contributed by atoms with Crippen molar-refractivity contribution in [3.8, 4) is 0 Å². The number of nitrogens with one attached hydrogen (secondary N) is 4. The number of nitrogens with zero attached hydrogens (tertiary/aromatic N) is 4. The maximum absolute atomic E-state index is 13.7. The van der Waals surface area contributed by atoms with E-state index in [1.807, 2.05) is 6.07 Å². The van der Waals surface area contributed by atoms with Crippen LogP contribution in [0.15, 0.2) is 36.8 Å². The van der Waals surface area contributed by atoms with Gasteiger partial charge in [0.25, 0.3) is 0 Å². The number of hydrogen-bond acceptors (Lipinski definition) is 6. The number of rotatable bonds is 6. The number of hydrogen-bond donors (Lipinski definition) is 4. The maximum Gasteiger partial charge on any atom is 0.224 e. The third-order valence-electron chi connectivity index (χ3n) is 4.53. The number of halogens is 1. The van der Waals surface area contributed by atoms with Crippen LogP contribution in [0.3, 0.4) is 0 Å². The van der Waals surface area contributed by atoms with Crippen molar-refractivity contribution in [2.45, 2.75) is 25.3 Å². The minimum atomic E-state index is -0.315. The summed E-state index contributed by atoms with van der Waals surface area (Å²) in [5.41, 5.74) is 3.27. The molecule has 1 aliphatic rings. The summed E-state index contributed by atoms with van der Waals surface area (Å²) in [5.74, 6) is 2.09. The van der Waals surface area contributed by atoms with Gasteiger partial charge in [-0.25, -0.2) is 14.4 Å². The summed E-state index contributed by atoms with van der Waals surface area (Å²) in [6, 6.07) is 6.66. The Balaban J connectivity index is 1.30. The fraction of sp³-hybridized carbons (Fsp3) is 0.222. The molecule has 4 N–H and O–H groups in total. The van der Waals surface area contributed by atoms with Crippen molar-refractivity contribution in [2.24, 2.45) is 0 Å². The summed E-state index contributed by atoms with van der Waals surface area (Å²) in [7, 11) is 0. The first kappa shape index (κ1) is 15.7. The van der Waals surface area contributed by atoms with Gasteiger partial charge in [0.1, 0.15) is 11.6 Å². The molecule has 0 unspecified atom stereocenters. The first-order chi connectivity index (χ1) is 13.2. The number of imidazole rings is 1. The van der Waals surface area contributed by atoms with Gasteiger partial charge in [0.15, 0.2) is 5.82 Å². The molecule has 1 aromatic carbocycles. The second-order valence-corrected chi connectivity index (χ2v) is 6.59. The van der Waals surface area contributed by atoms with E-state index >= 15 is 0 Å². The van der Waals surface area contributed by atoms with Crippen LogP contribution in [0.25, 0.3) is 11.0 Å². The second-order valence-electron chi connectivity index (χ2n) is 6.59. The molecule has 0 bridgehead atoms. The Bertz CT molecular complexity index is 1100. The zero-order valence-corrected chi connectivity index (χ0v) is 14.3. The Kier molecular flexibility index (Phi) is 3.70. The summed E-state index contributed by atoms with van der Waals surface area (Å²) in [6.45, 7) is 0.358. The van der Waals surface area contributed by atoms with Gasteiger partial charge in [-0.15, -0.1) is 0 Å². The summed E-state index contributed by atoms with van der Waals surface area (Å²) in [6.07, 6.45) is 5.63. The minimum absolute atomic E-state index is 0.315. The van der Waals surface area contributed by atoms with Gasteiger partial charge in [0, 0.05) is 36.0 Å². The fourth-order valence-electron chi connectivity index (χ4n) is 3.04. The average Bonchev–Trinajstić information content (AvgIpc) is 3.22.